The third kappa shape index (κ3) is 4.56. The van der Waals surface area contributed by atoms with Gasteiger partial charge in [0.1, 0.15) is 11.5 Å². The van der Waals surface area contributed by atoms with E-state index in [4.69, 9.17) is 21.1 Å². The number of phenols is 1. The first-order valence-electron chi connectivity index (χ1n) is 10.8. The molecular weight excluding hydrogens is 456 g/mol. The maximum atomic E-state index is 12.6. The van der Waals surface area contributed by atoms with Gasteiger partial charge in [0, 0.05) is 26.9 Å². The zero-order valence-corrected chi connectivity index (χ0v) is 20.3. The van der Waals surface area contributed by atoms with E-state index in [1.54, 1.807) is 17.4 Å². The third-order valence-electron chi connectivity index (χ3n) is 5.70. The highest BCUT2D eigenvalue weighted by molar-refractivity contribution is 7.19. The Hall–Kier alpha value is -3.02. The van der Waals surface area contributed by atoms with Crippen LogP contribution in [0, 0.1) is 6.92 Å². The molecule has 0 aliphatic carbocycles. The summed E-state index contributed by atoms with van der Waals surface area (Å²) >= 11 is 8.08. The van der Waals surface area contributed by atoms with Crippen LogP contribution in [0.15, 0.2) is 60.7 Å². The molecule has 170 valence electrons. The molecular formula is C27H25ClO4S. The topological polar surface area (TPSA) is 55.8 Å². The number of hydrogen-bond donors (Lipinski definition) is 1. The van der Waals surface area contributed by atoms with Crippen LogP contribution < -0.4 is 4.74 Å². The van der Waals surface area contributed by atoms with E-state index in [2.05, 4.69) is 13.0 Å². The molecule has 0 bridgehead atoms. The van der Waals surface area contributed by atoms with E-state index in [9.17, 15) is 9.90 Å². The van der Waals surface area contributed by atoms with Crippen molar-refractivity contribution >= 4 is 39.0 Å². The van der Waals surface area contributed by atoms with E-state index in [1.807, 2.05) is 55.5 Å². The van der Waals surface area contributed by atoms with Gasteiger partial charge >= 0.3 is 5.97 Å². The highest BCUT2D eigenvalue weighted by Gasteiger charge is 2.25. The van der Waals surface area contributed by atoms with Gasteiger partial charge in [-0.05, 0) is 48.2 Å². The number of methoxy groups -OCH3 is 1. The summed E-state index contributed by atoms with van der Waals surface area (Å²) in [6.07, 6.45) is 0.440. The van der Waals surface area contributed by atoms with Gasteiger partial charge < -0.3 is 14.6 Å². The van der Waals surface area contributed by atoms with E-state index in [0.717, 1.165) is 38.8 Å². The third-order valence-corrected chi connectivity index (χ3v) is 7.48. The van der Waals surface area contributed by atoms with Crippen LogP contribution >= 0.6 is 22.9 Å². The Morgan fingerprint density at radius 1 is 1.09 bits per heavy atom. The first kappa shape index (κ1) is 23.1. The second kappa shape index (κ2) is 9.86. The number of esters is 1. The van der Waals surface area contributed by atoms with Gasteiger partial charge in [-0.3, -0.25) is 0 Å². The number of fused-ring (bicyclic) bond motifs is 1. The summed E-state index contributed by atoms with van der Waals surface area (Å²) in [5, 5.41) is 11.3. The molecule has 4 nitrogen and oxygen atoms in total. The largest absolute Gasteiger partial charge is 0.506 e. The summed E-state index contributed by atoms with van der Waals surface area (Å²) in [7, 11) is 1.37. The fourth-order valence-corrected chi connectivity index (χ4v) is 5.37. The number of thiophene rings is 1. The Bertz CT molecular complexity index is 1300. The molecule has 0 saturated carbocycles. The number of hydrogen-bond acceptors (Lipinski definition) is 5. The van der Waals surface area contributed by atoms with Gasteiger partial charge in [0.05, 0.1) is 12.1 Å². The van der Waals surface area contributed by atoms with Gasteiger partial charge in [-0.25, -0.2) is 4.79 Å². The Morgan fingerprint density at radius 2 is 1.85 bits per heavy atom. The number of rotatable bonds is 7. The standard InChI is InChI=1S/C27H25ClO4S/c1-4-22-24(18-13-14-19(29)26(28)16(18)2)25-20(11-8-12-23(25)33-22)32-21(27(30)31-3)15-17-9-6-5-7-10-17/h5-14,21,29H,4,15H2,1-3H3/t21-/m1/s1. The molecule has 0 fully saturated rings. The lowest BCUT2D eigenvalue weighted by Crippen LogP contribution is -2.31. The number of halogens is 1. The van der Waals surface area contributed by atoms with Crippen LogP contribution in [0.25, 0.3) is 21.2 Å². The molecule has 1 heterocycles. The monoisotopic (exact) mass is 480 g/mol. The van der Waals surface area contributed by atoms with Crippen LogP contribution in [0.2, 0.25) is 5.02 Å². The van der Waals surface area contributed by atoms with Crippen LogP contribution in [0.5, 0.6) is 11.5 Å². The lowest BCUT2D eigenvalue weighted by Gasteiger charge is -2.19. The molecule has 1 N–H and O–H groups in total. The summed E-state index contributed by atoms with van der Waals surface area (Å²) < 4.78 is 12.5. The quantitative estimate of drug-likeness (QED) is 0.290. The fraction of sp³-hybridized carbons (Fsp3) is 0.222. The minimum Gasteiger partial charge on any atom is -0.506 e. The molecule has 0 unspecified atom stereocenters. The summed E-state index contributed by atoms with van der Waals surface area (Å²) in [5.74, 6) is 0.251. The van der Waals surface area contributed by atoms with Crippen molar-refractivity contribution < 1.29 is 19.4 Å². The lowest BCUT2D eigenvalue weighted by atomic mass is 9.96. The molecule has 4 rings (SSSR count). The molecule has 33 heavy (non-hydrogen) atoms. The van der Waals surface area contributed by atoms with Crippen LogP contribution in [0.1, 0.15) is 22.9 Å². The summed E-state index contributed by atoms with van der Waals surface area (Å²) in [6, 6.07) is 19.1. The maximum absolute atomic E-state index is 12.6. The van der Waals surface area contributed by atoms with Crippen molar-refractivity contribution in [1.82, 2.24) is 0 Å². The van der Waals surface area contributed by atoms with Crippen LogP contribution in [-0.2, 0) is 22.4 Å². The van der Waals surface area contributed by atoms with Gasteiger partial charge in [0.2, 0.25) is 0 Å². The average Bonchev–Trinajstić information content (AvgIpc) is 3.22. The van der Waals surface area contributed by atoms with Crippen molar-refractivity contribution in [3.8, 4) is 22.6 Å². The minimum absolute atomic E-state index is 0.0561. The molecule has 3 aromatic carbocycles. The van der Waals surface area contributed by atoms with E-state index >= 15 is 0 Å². The highest BCUT2D eigenvalue weighted by atomic mass is 35.5. The second-order valence-electron chi connectivity index (χ2n) is 7.77. The molecule has 0 aliphatic rings. The average molecular weight is 481 g/mol. The molecule has 4 aromatic rings. The van der Waals surface area contributed by atoms with Gasteiger partial charge in [-0.2, -0.15) is 0 Å². The van der Waals surface area contributed by atoms with Gasteiger partial charge in [0.25, 0.3) is 0 Å². The summed E-state index contributed by atoms with van der Waals surface area (Å²) in [5.41, 5.74) is 3.75. The van der Waals surface area contributed by atoms with Gasteiger partial charge in [0.15, 0.2) is 6.10 Å². The predicted molar refractivity (Wildman–Crippen MR) is 135 cm³/mol. The molecule has 0 aliphatic heterocycles. The van der Waals surface area contributed by atoms with Crippen LogP contribution in [0.4, 0.5) is 0 Å². The molecule has 0 radical (unpaired) electrons. The Morgan fingerprint density at radius 3 is 2.55 bits per heavy atom. The SMILES string of the molecule is CCc1sc2cccc(O[C@H](Cc3ccccc3)C(=O)OC)c2c1-c1ccc(O)c(Cl)c1C. The van der Waals surface area contributed by atoms with E-state index in [-0.39, 0.29) is 5.75 Å². The molecule has 0 amide bonds. The first-order valence-corrected chi connectivity index (χ1v) is 11.9. The van der Waals surface area contributed by atoms with Crippen LogP contribution in [-0.4, -0.2) is 24.3 Å². The number of benzene rings is 3. The Kier molecular flexibility index (Phi) is 6.91. The van der Waals surface area contributed by atoms with Crippen molar-refractivity contribution in [2.24, 2.45) is 0 Å². The Balaban J connectivity index is 1.85. The molecule has 6 heteroatoms. The lowest BCUT2D eigenvalue weighted by molar-refractivity contribution is -0.148. The van der Waals surface area contributed by atoms with Crippen molar-refractivity contribution in [3.63, 3.8) is 0 Å². The number of ether oxygens (including phenoxy) is 2. The molecule has 1 atom stereocenters. The van der Waals surface area contributed by atoms with E-state index in [0.29, 0.717) is 17.2 Å². The first-order chi connectivity index (χ1) is 15.9. The molecule has 0 spiro atoms. The molecule has 0 saturated heterocycles. The van der Waals surface area contributed by atoms with E-state index in [1.165, 1.54) is 12.0 Å². The zero-order chi connectivity index (χ0) is 23.5. The number of carbonyl (C=O) groups excluding carboxylic acids is 1. The zero-order valence-electron chi connectivity index (χ0n) is 18.7. The van der Waals surface area contributed by atoms with Crippen LogP contribution in [0.3, 0.4) is 0 Å². The number of aromatic hydroxyl groups is 1. The summed E-state index contributed by atoms with van der Waals surface area (Å²) in [6.45, 7) is 4.01. The number of aryl methyl sites for hydroxylation is 1. The van der Waals surface area contributed by atoms with Gasteiger partial charge in [-0.15, -0.1) is 11.3 Å². The maximum Gasteiger partial charge on any atom is 0.347 e. The molecule has 1 aromatic heterocycles. The summed E-state index contributed by atoms with van der Waals surface area (Å²) in [4.78, 5) is 13.8. The number of phenolic OH excluding ortho intramolecular Hbond substituents is 1. The van der Waals surface area contributed by atoms with E-state index < -0.39 is 12.1 Å². The normalized spacial score (nSPS) is 12.0. The van der Waals surface area contributed by atoms with Crippen molar-refractivity contribution in [2.75, 3.05) is 7.11 Å². The fourth-order valence-electron chi connectivity index (χ4n) is 4.03. The predicted octanol–water partition coefficient (Wildman–Crippen LogP) is 6.96. The highest BCUT2D eigenvalue weighted by Crippen LogP contribution is 2.46. The number of carbonyl (C=O) groups is 1. The van der Waals surface area contributed by atoms with Crippen molar-refractivity contribution in [3.05, 3.63) is 81.7 Å². The second-order valence-corrected chi connectivity index (χ2v) is 9.29. The minimum atomic E-state index is -0.787. The van der Waals surface area contributed by atoms with Crippen molar-refractivity contribution in [1.29, 1.82) is 0 Å². The Labute approximate surface area is 202 Å². The smallest absolute Gasteiger partial charge is 0.347 e. The van der Waals surface area contributed by atoms with Gasteiger partial charge in [-0.1, -0.05) is 61.0 Å². The van der Waals surface area contributed by atoms with Crippen molar-refractivity contribution in [2.45, 2.75) is 32.8 Å².